The summed E-state index contributed by atoms with van der Waals surface area (Å²) < 4.78 is 13.0. The fraction of sp³-hybridized carbons (Fsp3) is 0.538. The molecule has 1 heterocycles. The van der Waals surface area contributed by atoms with E-state index in [-0.39, 0.29) is 11.9 Å². The number of rotatable bonds is 3. The van der Waals surface area contributed by atoms with Crippen molar-refractivity contribution in [1.29, 1.82) is 0 Å². The van der Waals surface area contributed by atoms with Gasteiger partial charge in [-0.25, -0.2) is 4.39 Å². The van der Waals surface area contributed by atoms with Gasteiger partial charge in [0.1, 0.15) is 5.82 Å². The van der Waals surface area contributed by atoms with Crippen LogP contribution < -0.4 is 5.73 Å². The summed E-state index contributed by atoms with van der Waals surface area (Å²) in [7, 11) is 0. The molecule has 0 aliphatic carbocycles. The Morgan fingerprint density at radius 1 is 1.56 bits per heavy atom. The highest BCUT2D eigenvalue weighted by molar-refractivity contribution is 5.16. The smallest absolute Gasteiger partial charge is 0.123 e. The maximum Gasteiger partial charge on any atom is 0.123 e. The van der Waals surface area contributed by atoms with Gasteiger partial charge in [0.25, 0.3) is 0 Å². The molecule has 1 aliphatic rings. The van der Waals surface area contributed by atoms with E-state index >= 15 is 0 Å². The Morgan fingerprint density at radius 3 is 3.00 bits per heavy atom. The second kappa shape index (κ2) is 4.93. The minimum absolute atomic E-state index is 0.152. The molecule has 2 atom stereocenters. The number of benzene rings is 1. The van der Waals surface area contributed by atoms with Crippen LogP contribution in [0.5, 0.6) is 0 Å². The molecule has 1 aliphatic heterocycles. The molecule has 2 unspecified atom stereocenters. The van der Waals surface area contributed by atoms with E-state index in [1.54, 1.807) is 12.1 Å². The van der Waals surface area contributed by atoms with Crippen LogP contribution in [0.2, 0.25) is 0 Å². The van der Waals surface area contributed by atoms with E-state index in [0.717, 1.165) is 31.6 Å². The summed E-state index contributed by atoms with van der Waals surface area (Å²) in [4.78, 5) is 2.35. The Morgan fingerprint density at radius 2 is 2.38 bits per heavy atom. The first-order chi connectivity index (χ1) is 7.65. The van der Waals surface area contributed by atoms with Gasteiger partial charge >= 0.3 is 0 Å². The van der Waals surface area contributed by atoms with Crippen molar-refractivity contribution in [2.75, 3.05) is 13.1 Å². The van der Waals surface area contributed by atoms with Crippen LogP contribution in [0, 0.1) is 11.7 Å². The Bertz CT molecular complexity index is 352. The first-order valence-electron chi connectivity index (χ1n) is 5.87. The Labute approximate surface area is 96.2 Å². The lowest BCUT2D eigenvalue weighted by molar-refractivity contribution is 0.308. The van der Waals surface area contributed by atoms with Gasteiger partial charge in [0, 0.05) is 19.1 Å². The summed E-state index contributed by atoms with van der Waals surface area (Å²) >= 11 is 0. The lowest BCUT2D eigenvalue weighted by Gasteiger charge is -2.17. The normalized spacial score (nSPS) is 23.6. The minimum Gasteiger partial charge on any atom is -0.328 e. The molecule has 88 valence electrons. The number of halogens is 1. The van der Waals surface area contributed by atoms with Crippen molar-refractivity contribution < 1.29 is 4.39 Å². The molecule has 1 saturated heterocycles. The number of hydrogen-bond acceptors (Lipinski definition) is 2. The highest BCUT2D eigenvalue weighted by Crippen LogP contribution is 2.20. The minimum atomic E-state index is -0.152. The van der Waals surface area contributed by atoms with Gasteiger partial charge < -0.3 is 5.73 Å². The lowest BCUT2D eigenvalue weighted by atomic mass is 10.0. The maximum absolute atomic E-state index is 13.0. The second-order valence-corrected chi connectivity index (χ2v) is 4.77. The van der Waals surface area contributed by atoms with Crippen LogP contribution in [0.25, 0.3) is 0 Å². The van der Waals surface area contributed by atoms with Crippen molar-refractivity contribution >= 4 is 0 Å². The van der Waals surface area contributed by atoms with Crippen LogP contribution >= 0.6 is 0 Å². The van der Waals surface area contributed by atoms with Crippen LogP contribution in [0.15, 0.2) is 24.3 Å². The molecule has 0 bridgehead atoms. The van der Waals surface area contributed by atoms with Crippen LogP contribution in [-0.4, -0.2) is 24.0 Å². The number of likely N-dealkylation sites (tertiary alicyclic amines) is 1. The third-order valence-corrected chi connectivity index (χ3v) is 3.35. The summed E-state index contributed by atoms with van der Waals surface area (Å²) in [5.74, 6) is 0.439. The van der Waals surface area contributed by atoms with Crippen LogP contribution in [0.1, 0.15) is 18.9 Å². The molecule has 16 heavy (non-hydrogen) atoms. The summed E-state index contributed by atoms with van der Waals surface area (Å²) in [5.41, 5.74) is 6.94. The van der Waals surface area contributed by atoms with E-state index < -0.39 is 0 Å². The third-order valence-electron chi connectivity index (χ3n) is 3.35. The molecule has 3 heteroatoms. The first-order valence-corrected chi connectivity index (χ1v) is 5.87. The molecule has 0 amide bonds. The third kappa shape index (κ3) is 2.80. The molecule has 1 aromatic carbocycles. The van der Waals surface area contributed by atoms with Gasteiger partial charge in [-0.3, -0.25) is 4.90 Å². The monoisotopic (exact) mass is 222 g/mol. The van der Waals surface area contributed by atoms with Gasteiger partial charge in [-0.15, -0.1) is 0 Å². The molecule has 2 rings (SSSR count). The van der Waals surface area contributed by atoms with Gasteiger partial charge in [0.05, 0.1) is 0 Å². The van der Waals surface area contributed by atoms with Gasteiger partial charge in [-0.2, -0.15) is 0 Å². The fourth-order valence-electron chi connectivity index (χ4n) is 2.33. The predicted octanol–water partition coefficient (Wildman–Crippen LogP) is 1.99. The summed E-state index contributed by atoms with van der Waals surface area (Å²) in [5, 5.41) is 0. The zero-order valence-electron chi connectivity index (χ0n) is 9.70. The zero-order chi connectivity index (χ0) is 11.5. The van der Waals surface area contributed by atoms with Crippen molar-refractivity contribution in [2.45, 2.75) is 25.9 Å². The summed E-state index contributed by atoms with van der Waals surface area (Å²) in [6.07, 6.45) is 1.16. The topological polar surface area (TPSA) is 29.3 Å². The standard InChI is InChI=1S/C13H19FN2/c1-10(15)12-5-6-16(9-12)8-11-3-2-4-13(14)7-11/h2-4,7,10,12H,5-6,8-9,15H2,1H3. The number of nitrogens with zero attached hydrogens (tertiary/aromatic N) is 1. The van der Waals surface area contributed by atoms with Crippen LogP contribution in [-0.2, 0) is 6.54 Å². The van der Waals surface area contributed by atoms with Crippen LogP contribution in [0.4, 0.5) is 4.39 Å². The lowest BCUT2D eigenvalue weighted by Crippen LogP contribution is -2.29. The molecule has 0 aromatic heterocycles. The summed E-state index contributed by atoms with van der Waals surface area (Å²) in [6.45, 7) is 5.01. The first kappa shape index (κ1) is 11.6. The van der Waals surface area contributed by atoms with Crippen molar-refractivity contribution in [3.05, 3.63) is 35.6 Å². The molecule has 0 saturated carbocycles. The van der Waals surface area contributed by atoms with Crippen molar-refractivity contribution in [3.8, 4) is 0 Å². The molecule has 2 N–H and O–H groups in total. The maximum atomic E-state index is 13.0. The fourth-order valence-corrected chi connectivity index (χ4v) is 2.33. The van der Waals surface area contributed by atoms with Crippen LogP contribution in [0.3, 0.4) is 0 Å². The van der Waals surface area contributed by atoms with E-state index in [0.29, 0.717) is 5.92 Å². The number of hydrogen-bond donors (Lipinski definition) is 1. The SMILES string of the molecule is CC(N)C1CCN(Cc2cccc(F)c2)C1. The van der Waals surface area contributed by atoms with Crippen molar-refractivity contribution in [1.82, 2.24) is 4.90 Å². The van der Waals surface area contributed by atoms with E-state index in [9.17, 15) is 4.39 Å². The molecule has 1 aromatic rings. The molecule has 0 spiro atoms. The van der Waals surface area contributed by atoms with E-state index in [2.05, 4.69) is 11.8 Å². The quantitative estimate of drug-likeness (QED) is 0.847. The van der Waals surface area contributed by atoms with E-state index in [1.807, 2.05) is 6.07 Å². The number of nitrogens with two attached hydrogens (primary N) is 1. The predicted molar refractivity (Wildman–Crippen MR) is 63.4 cm³/mol. The largest absolute Gasteiger partial charge is 0.328 e. The molecule has 0 radical (unpaired) electrons. The Kier molecular flexibility index (Phi) is 3.56. The molecular weight excluding hydrogens is 203 g/mol. The van der Waals surface area contributed by atoms with Gasteiger partial charge in [-0.1, -0.05) is 12.1 Å². The average molecular weight is 222 g/mol. The Hall–Kier alpha value is -0.930. The summed E-state index contributed by atoms with van der Waals surface area (Å²) in [6, 6.07) is 7.10. The molecule has 2 nitrogen and oxygen atoms in total. The van der Waals surface area contributed by atoms with Gasteiger partial charge in [0.2, 0.25) is 0 Å². The van der Waals surface area contributed by atoms with Gasteiger partial charge in [0.15, 0.2) is 0 Å². The molecular formula is C13H19FN2. The van der Waals surface area contributed by atoms with E-state index in [1.165, 1.54) is 6.07 Å². The second-order valence-electron chi connectivity index (χ2n) is 4.77. The molecule has 1 fully saturated rings. The Balaban J connectivity index is 1.92. The van der Waals surface area contributed by atoms with Crippen molar-refractivity contribution in [2.24, 2.45) is 11.7 Å². The van der Waals surface area contributed by atoms with Gasteiger partial charge in [-0.05, 0) is 43.5 Å². The zero-order valence-corrected chi connectivity index (χ0v) is 9.70. The average Bonchev–Trinajstić information content (AvgIpc) is 2.66. The highest BCUT2D eigenvalue weighted by atomic mass is 19.1. The van der Waals surface area contributed by atoms with Crippen molar-refractivity contribution in [3.63, 3.8) is 0 Å². The highest BCUT2D eigenvalue weighted by Gasteiger charge is 2.24. The van der Waals surface area contributed by atoms with E-state index in [4.69, 9.17) is 5.73 Å².